The van der Waals surface area contributed by atoms with Crippen LogP contribution in [0, 0.1) is 0 Å². The molecule has 0 spiro atoms. The summed E-state index contributed by atoms with van der Waals surface area (Å²) < 4.78 is 1.98. The third-order valence-electron chi connectivity index (χ3n) is 5.80. The van der Waals surface area contributed by atoms with Gasteiger partial charge < -0.3 is 9.30 Å². The summed E-state index contributed by atoms with van der Waals surface area (Å²) in [4.78, 5) is 24.1. The molecule has 0 aromatic carbocycles. The van der Waals surface area contributed by atoms with E-state index >= 15 is 0 Å². The summed E-state index contributed by atoms with van der Waals surface area (Å²) in [5.41, 5.74) is 1.98. The topological polar surface area (TPSA) is 44.1 Å². The number of carbonyl (C=O) groups is 1. The summed E-state index contributed by atoms with van der Waals surface area (Å²) in [6.45, 7) is 8.32. The van der Waals surface area contributed by atoms with Crippen LogP contribution >= 0.6 is 11.6 Å². The monoisotopic (exact) mass is 389 g/mol. The molecule has 0 bridgehead atoms. The minimum Gasteiger partial charge on any atom is -0.339 e. The fourth-order valence-electron chi connectivity index (χ4n) is 4.18. The highest BCUT2D eigenvalue weighted by molar-refractivity contribution is 6.30. The van der Waals surface area contributed by atoms with Crippen molar-refractivity contribution in [2.24, 2.45) is 0 Å². The summed E-state index contributed by atoms with van der Waals surface area (Å²) in [6, 6.07) is 4.21. The predicted molar refractivity (Wildman–Crippen MR) is 107 cm³/mol. The zero-order valence-corrected chi connectivity index (χ0v) is 16.7. The summed E-state index contributed by atoms with van der Waals surface area (Å²) in [7, 11) is 0. The number of imidazole rings is 1. The van der Waals surface area contributed by atoms with Gasteiger partial charge in [-0.1, -0.05) is 11.6 Å². The van der Waals surface area contributed by atoms with Gasteiger partial charge in [-0.25, -0.2) is 4.98 Å². The molecule has 1 amide bonds. The van der Waals surface area contributed by atoms with Crippen LogP contribution in [-0.4, -0.2) is 75.3 Å². The van der Waals surface area contributed by atoms with Gasteiger partial charge in [0.2, 0.25) is 5.91 Å². The van der Waals surface area contributed by atoms with Crippen molar-refractivity contribution >= 4 is 23.2 Å². The molecule has 2 aromatic heterocycles. The average molecular weight is 390 g/mol. The van der Waals surface area contributed by atoms with Gasteiger partial charge in [0, 0.05) is 57.7 Å². The Labute approximate surface area is 165 Å². The molecule has 4 rings (SSSR count). The van der Waals surface area contributed by atoms with E-state index < -0.39 is 0 Å². The van der Waals surface area contributed by atoms with Crippen molar-refractivity contribution in [1.82, 2.24) is 24.1 Å². The van der Waals surface area contributed by atoms with Crippen molar-refractivity contribution in [3.8, 4) is 0 Å². The Morgan fingerprint density at radius 3 is 2.67 bits per heavy atom. The molecule has 0 N–H and O–H groups in total. The molecule has 2 aromatic rings. The lowest BCUT2D eigenvalue weighted by Crippen LogP contribution is -2.51. The van der Waals surface area contributed by atoms with Crippen LogP contribution < -0.4 is 0 Å². The second kappa shape index (κ2) is 8.17. The minimum atomic E-state index is 0.299. The van der Waals surface area contributed by atoms with Gasteiger partial charge in [-0.3, -0.25) is 14.6 Å². The fourth-order valence-corrected chi connectivity index (χ4v) is 4.35. The molecule has 0 aliphatic carbocycles. The van der Waals surface area contributed by atoms with Gasteiger partial charge in [-0.15, -0.1) is 0 Å². The number of hydrogen-bond donors (Lipinski definition) is 0. The lowest BCUT2D eigenvalue weighted by molar-refractivity contribution is -0.136. The van der Waals surface area contributed by atoms with Gasteiger partial charge in [0.15, 0.2) is 0 Å². The molecule has 1 unspecified atom stereocenters. The molecule has 2 fully saturated rings. The number of nitrogens with zero attached hydrogens (tertiary/aromatic N) is 5. The second-order valence-corrected chi connectivity index (χ2v) is 8.27. The molecular weight excluding hydrogens is 362 g/mol. The number of carbonyl (C=O) groups excluding carboxylic acids is 1. The first-order valence-corrected chi connectivity index (χ1v) is 10.3. The van der Waals surface area contributed by atoms with Crippen LogP contribution in [0.2, 0.25) is 5.02 Å². The number of aromatic nitrogens is 2. The zero-order chi connectivity index (χ0) is 18.8. The third kappa shape index (κ3) is 4.45. The van der Waals surface area contributed by atoms with Gasteiger partial charge in [0.05, 0.1) is 17.3 Å². The summed E-state index contributed by atoms with van der Waals surface area (Å²) in [5, 5.41) is 0.716. The molecule has 6 nitrogen and oxygen atoms in total. The first kappa shape index (κ1) is 18.7. The van der Waals surface area contributed by atoms with E-state index in [2.05, 4.69) is 32.8 Å². The highest BCUT2D eigenvalue weighted by Crippen LogP contribution is 2.17. The minimum absolute atomic E-state index is 0.299. The molecule has 0 radical (unpaired) electrons. The van der Waals surface area contributed by atoms with E-state index in [1.165, 1.54) is 6.42 Å². The van der Waals surface area contributed by atoms with Crippen LogP contribution in [0.3, 0.4) is 0 Å². The van der Waals surface area contributed by atoms with Gasteiger partial charge in [-0.2, -0.15) is 0 Å². The number of halogens is 1. The average Bonchev–Trinajstić information content (AvgIpc) is 3.05. The van der Waals surface area contributed by atoms with Crippen LogP contribution in [-0.2, 0) is 11.3 Å². The van der Waals surface area contributed by atoms with E-state index in [1.54, 1.807) is 0 Å². The predicted octanol–water partition coefficient (Wildman–Crippen LogP) is 2.51. The smallest absolute Gasteiger partial charge is 0.236 e. The summed E-state index contributed by atoms with van der Waals surface area (Å²) >= 11 is 6.05. The van der Waals surface area contributed by atoms with Crippen LogP contribution in [0.4, 0.5) is 0 Å². The molecule has 2 saturated heterocycles. The quantitative estimate of drug-likeness (QED) is 0.805. The largest absolute Gasteiger partial charge is 0.339 e. The number of fused-ring (bicyclic) bond motifs is 1. The van der Waals surface area contributed by atoms with Crippen LogP contribution in [0.5, 0.6) is 0 Å². The van der Waals surface area contributed by atoms with Gasteiger partial charge in [0.25, 0.3) is 0 Å². The van der Waals surface area contributed by atoms with Crippen molar-refractivity contribution in [3.05, 3.63) is 35.2 Å². The highest BCUT2D eigenvalue weighted by atomic mass is 35.5. The Morgan fingerprint density at radius 1 is 1.11 bits per heavy atom. The summed E-state index contributed by atoms with van der Waals surface area (Å²) in [5.74, 6) is 0.299. The molecular formula is C20H28ClN5O. The van der Waals surface area contributed by atoms with E-state index in [0.29, 0.717) is 23.5 Å². The normalized spacial score (nSPS) is 22.4. The van der Waals surface area contributed by atoms with Crippen molar-refractivity contribution in [1.29, 1.82) is 0 Å². The standard InChI is InChI=1S/C20H28ClN5O/c1-16-4-2-3-7-26(16)20(27)15-24-10-8-23(9-11-24)13-18-14-25-12-17(21)5-6-19(25)22-18/h5-6,12,14,16H,2-4,7-11,13,15H2,1H3. The SMILES string of the molecule is CC1CCCCN1C(=O)CN1CCN(Cc2cn3cc(Cl)ccc3n2)CC1. The molecule has 27 heavy (non-hydrogen) atoms. The third-order valence-corrected chi connectivity index (χ3v) is 6.02. The zero-order valence-electron chi connectivity index (χ0n) is 16.0. The Kier molecular flexibility index (Phi) is 5.66. The lowest BCUT2D eigenvalue weighted by atomic mass is 10.0. The Bertz CT molecular complexity index is 799. The second-order valence-electron chi connectivity index (χ2n) is 7.83. The number of rotatable bonds is 4. The van der Waals surface area contributed by atoms with Crippen LogP contribution in [0.1, 0.15) is 31.9 Å². The number of piperidine rings is 1. The number of piperazine rings is 1. The number of hydrogen-bond acceptors (Lipinski definition) is 4. The number of likely N-dealkylation sites (tertiary alicyclic amines) is 1. The maximum absolute atomic E-state index is 12.6. The Hall–Kier alpha value is -1.63. The van der Waals surface area contributed by atoms with Crippen molar-refractivity contribution in [3.63, 3.8) is 0 Å². The molecule has 1 atom stereocenters. The molecule has 7 heteroatoms. The molecule has 2 aliphatic rings. The molecule has 4 heterocycles. The summed E-state index contributed by atoms with van der Waals surface area (Å²) in [6.07, 6.45) is 7.48. The maximum atomic E-state index is 12.6. The molecule has 146 valence electrons. The fraction of sp³-hybridized carbons (Fsp3) is 0.600. The maximum Gasteiger partial charge on any atom is 0.236 e. The van der Waals surface area contributed by atoms with E-state index in [-0.39, 0.29) is 0 Å². The van der Waals surface area contributed by atoms with E-state index in [1.807, 2.05) is 22.7 Å². The van der Waals surface area contributed by atoms with E-state index in [4.69, 9.17) is 11.6 Å². The van der Waals surface area contributed by atoms with Gasteiger partial charge >= 0.3 is 0 Å². The first-order chi connectivity index (χ1) is 13.1. The van der Waals surface area contributed by atoms with Crippen LogP contribution in [0.25, 0.3) is 5.65 Å². The number of amides is 1. The molecule has 2 aliphatic heterocycles. The van der Waals surface area contributed by atoms with Crippen molar-refractivity contribution in [2.75, 3.05) is 39.3 Å². The molecule has 0 saturated carbocycles. The van der Waals surface area contributed by atoms with Crippen molar-refractivity contribution < 1.29 is 4.79 Å². The van der Waals surface area contributed by atoms with Crippen molar-refractivity contribution in [2.45, 2.75) is 38.8 Å². The lowest BCUT2D eigenvalue weighted by Gasteiger charge is -2.37. The van der Waals surface area contributed by atoms with Gasteiger partial charge in [0.1, 0.15) is 5.65 Å². The highest BCUT2D eigenvalue weighted by Gasteiger charge is 2.26. The van der Waals surface area contributed by atoms with Crippen LogP contribution in [0.15, 0.2) is 24.5 Å². The van der Waals surface area contributed by atoms with E-state index in [0.717, 1.165) is 63.5 Å². The Balaban J connectivity index is 1.27. The number of pyridine rings is 1. The first-order valence-electron chi connectivity index (χ1n) is 9.96. The van der Waals surface area contributed by atoms with Gasteiger partial charge in [-0.05, 0) is 38.3 Å². The Morgan fingerprint density at radius 2 is 1.89 bits per heavy atom. The van der Waals surface area contributed by atoms with E-state index in [9.17, 15) is 4.79 Å².